The number of benzene rings is 2. The Kier molecular flexibility index (Phi) is 5.75. The van der Waals surface area contributed by atoms with Crippen LogP contribution in [0.15, 0.2) is 48.8 Å². The van der Waals surface area contributed by atoms with Gasteiger partial charge in [0.05, 0.1) is 18.9 Å². The minimum Gasteiger partial charge on any atom is -0.379 e. The van der Waals surface area contributed by atoms with Gasteiger partial charge in [-0.25, -0.2) is 13.5 Å². The number of alkyl halides is 2. The zero-order valence-corrected chi connectivity index (χ0v) is 17.9. The van der Waals surface area contributed by atoms with Crippen LogP contribution in [0.1, 0.15) is 19.0 Å². The van der Waals surface area contributed by atoms with Crippen LogP contribution in [-0.4, -0.2) is 65.1 Å². The average molecular weight is 443 g/mol. The van der Waals surface area contributed by atoms with Crippen molar-refractivity contribution in [2.45, 2.75) is 19.4 Å². The van der Waals surface area contributed by atoms with E-state index in [0.717, 1.165) is 50.6 Å². The van der Waals surface area contributed by atoms with Crippen molar-refractivity contribution in [3.63, 3.8) is 0 Å². The molecule has 0 bridgehead atoms. The third kappa shape index (κ3) is 4.44. The van der Waals surface area contributed by atoms with Gasteiger partial charge < -0.3 is 15.0 Å². The van der Waals surface area contributed by atoms with Crippen molar-refractivity contribution in [1.29, 1.82) is 0 Å². The molecule has 32 heavy (non-hydrogen) atoms. The fourth-order valence-corrected chi connectivity index (χ4v) is 4.23. The molecule has 1 aromatic heterocycles. The van der Waals surface area contributed by atoms with Crippen molar-refractivity contribution in [2.24, 2.45) is 0 Å². The van der Waals surface area contributed by atoms with Gasteiger partial charge in [-0.05, 0) is 42.8 Å². The number of halogens is 2. The third-order valence-corrected chi connectivity index (χ3v) is 5.99. The molecular formula is C23H28F2N6O. The molecule has 7 nitrogen and oxygen atoms in total. The minimum atomic E-state index is -2.52. The molecule has 2 aliphatic rings. The van der Waals surface area contributed by atoms with Crippen LogP contribution in [0, 0.1) is 6.92 Å². The Labute approximate surface area is 187 Å². The number of anilines is 3. The number of hydrogen-bond acceptors (Lipinski definition) is 6. The van der Waals surface area contributed by atoms with E-state index >= 15 is 0 Å². The molecule has 2 saturated heterocycles. The van der Waals surface area contributed by atoms with Crippen LogP contribution in [0.3, 0.4) is 0 Å². The van der Waals surface area contributed by atoms with Gasteiger partial charge in [0.1, 0.15) is 6.33 Å². The number of nitrogens with one attached hydrogen (secondary N) is 1. The molecule has 0 amide bonds. The molecule has 170 valence electrons. The summed E-state index contributed by atoms with van der Waals surface area (Å²) in [7, 11) is 0. The summed E-state index contributed by atoms with van der Waals surface area (Å²) in [5.74, 6) is 0.416. The Morgan fingerprint density at radius 1 is 1.09 bits per heavy atom. The van der Waals surface area contributed by atoms with Crippen molar-refractivity contribution in [1.82, 2.24) is 19.7 Å². The number of aromatic nitrogens is 3. The summed E-state index contributed by atoms with van der Waals surface area (Å²) in [5.41, 5.74) is 3.71. The molecule has 2 aromatic carbocycles. The number of rotatable bonds is 6. The summed E-state index contributed by atoms with van der Waals surface area (Å²) in [5, 5.41) is 7.65. The van der Waals surface area contributed by atoms with Crippen LogP contribution in [-0.2, 0) is 4.74 Å². The third-order valence-electron chi connectivity index (χ3n) is 5.99. The van der Waals surface area contributed by atoms with Crippen molar-refractivity contribution in [3.8, 4) is 5.69 Å². The molecule has 5 rings (SSSR count). The van der Waals surface area contributed by atoms with Gasteiger partial charge in [0.25, 0.3) is 6.43 Å². The van der Waals surface area contributed by atoms with Crippen molar-refractivity contribution in [3.05, 3.63) is 59.9 Å². The number of morpholine rings is 1. The average Bonchev–Trinajstić information content (AvgIpc) is 3.22. The highest BCUT2D eigenvalue weighted by Gasteiger charge is 2.32. The summed E-state index contributed by atoms with van der Waals surface area (Å²) in [6.07, 6.45) is -1.00. The van der Waals surface area contributed by atoms with Gasteiger partial charge in [0, 0.05) is 50.6 Å². The molecule has 0 unspecified atom stereocenters. The molecule has 0 radical (unpaired) electrons. The van der Waals surface area contributed by atoms with E-state index in [-0.39, 0.29) is 6.99 Å². The first-order valence-electron chi connectivity index (χ1n) is 10.8. The zero-order valence-electron chi connectivity index (χ0n) is 17.9. The molecular weight excluding hydrogens is 414 g/mol. The van der Waals surface area contributed by atoms with Gasteiger partial charge in [0.2, 0.25) is 5.95 Å². The summed E-state index contributed by atoms with van der Waals surface area (Å²) < 4.78 is 32.9. The maximum absolute atomic E-state index is 13.0. The smallest absolute Gasteiger partial charge is 0.263 e. The first-order chi connectivity index (χ1) is 15.5. The molecule has 2 aliphatic heterocycles. The molecule has 3 heterocycles. The quantitative estimate of drug-likeness (QED) is 0.622. The summed E-state index contributed by atoms with van der Waals surface area (Å²) in [4.78, 5) is 9.18. The number of aryl methyl sites for hydroxylation is 1. The van der Waals surface area contributed by atoms with E-state index in [1.54, 1.807) is 12.1 Å². The van der Waals surface area contributed by atoms with Gasteiger partial charge in [0.15, 0.2) is 0 Å². The van der Waals surface area contributed by atoms with Gasteiger partial charge in [-0.3, -0.25) is 4.90 Å². The molecule has 2 fully saturated rings. The summed E-state index contributed by atoms with van der Waals surface area (Å²) >= 11 is 0. The second-order valence-electron chi connectivity index (χ2n) is 8.30. The fraction of sp³-hybridized carbons (Fsp3) is 0.391. The predicted octanol–water partition coefficient (Wildman–Crippen LogP) is 4.02. The highest BCUT2D eigenvalue weighted by molar-refractivity contribution is 5.65. The molecule has 0 spiro atoms. The molecule has 0 aliphatic carbocycles. The molecule has 9 heteroatoms. The highest BCUT2D eigenvalue weighted by Crippen LogP contribution is 2.29. The summed E-state index contributed by atoms with van der Waals surface area (Å²) in [6, 6.07) is 13.0. The minimum absolute atomic E-state index is 0. The normalized spacial score (nSPS) is 17.6. The first kappa shape index (κ1) is 20.8. The highest BCUT2D eigenvalue weighted by atomic mass is 19.3. The van der Waals surface area contributed by atoms with Crippen LogP contribution in [0.5, 0.6) is 0 Å². The maximum Gasteiger partial charge on any atom is 0.263 e. The Morgan fingerprint density at radius 3 is 2.69 bits per heavy atom. The van der Waals surface area contributed by atoms with Crippen molar-refractivity contribution < 1.29 is 14.9 Å². The number of hydrogen-bond donors (Lipinski definition) is 1. The lowest BCUT2D eigenvalue weighted by Gasteiger charge is -2.47. The Hall–Kier alpha value is -3.04. The van der Waals surface area contributed by atoms with Gasteiger partial charge in [-0.2, -0.15) is 4.98 Å². The lowest BCUT2D eigenvalue weighted by molar-refractivity contribution is 0.0105. The topological polar surface area (TPSA) is 58.5 Å². The van der Waals surface area contributed by atoms with E-state index in [1.807, 2.05) is 6.07 Å². The van der Waals surface area contributed by atoms with Gasteiger partial charge >= 0.3 is 0 Å². The molecule has 0 saturated carbocycles. The van der Waals surface area contributed by atoms with Crippen LogP contribution >= 0.6 is 0 Å². The van der Waals surface area contributed by atoms with E-state index in [0.29, 0.717) is 17.7 Å². The van der Waals surface area contributed by atoms with E-state index in [4.69, 9.17) is 4.74 Å². The van der Waals surface area contributed by atoms with Gasteiger partial charge in [-0.1, -0.05) is 12.1 Å². The van der Waals surface area contributed by atoms with E-state index in [1.165, 1.54) is 28.8 Å². The Morgan fingerprint density at radius 2 is 1.91 bits per heavy atom. The second-order valence-corrected chi connectivity index (χ2v) is 8.30. The first-order valence-corrected chi connectivity index (χ1v) is 10.8. The van der Waals surface area contributed by atoms with Crippen molar-refractivity contribution in [2.75, 3.05) is 49.6 Å². The second kappa shape index (κ2) is 8.84. The standard InChI is InChI=1S/C23H26F2N6O.H2/c1-16-9-18(12-20(10-16)30-13-21(14-30)29-5-7-32-8-6-29)27-23-26-15-31(28-23)19-4-2-3-17(11-19)22(24)25;/h2-4,9-12,15,21-22H,5-8,13-14H2,1H3,(H,27,28);1H. The van der Waals surface area contributed by atoms with Crippen LogP contribution in [0.2, 0.25) is 0 Å². The van der Waals surface area contributed by atoms with E-state index in [2.05, 4.69) is 44.3 Å². The molecule has 3 aromatic rings. The van der Waals surface area contributed by atoms with Crippen LogP contribution < -0.4 is 10.2 Å². The number of ether oxygens (including phenoxy) is 1. The van der Waals surface area contributed by atoms with Crippen LogP contribution in [0.4, 0.5) is 26.1 Å². The lowest BCUT2D eigenvalue weighted by atomic mass is 10.0. The zero-order chi connectivity index (χ0) is 22.1. The summed E-state index contributed by atoms with van der Waals surface area (Å²) in [6.45, 7) is 7.74. The van der Waals surface area contributed by atoms with Crippen molar-refractivity contribution >= 4 is 17.3 Å². The fourth-order valence-electron chi connectivity index (χ4n) is 4.23. The SMILES string of the molecule is Cc1cc(Nc2ncn(-c3cccc(C(F)F)c3)n2)cc(N2CC(N3CCOCC3)C2)c1.[HH]. The molecule has 1 N–H and O–H groups in total. The monoisotopic (exact) mass is 442 g/mol. The largest absolute Gasteiger partial charge is 0.379 e. The lowest BCUT2D eigenvalue weighted by Crippen LogP contribution is -2.61. The van der Waals surface area contributed by atoms with E-state index in [9.17, 15) is 8.78 Å². The Bertz CT molecular complexity index is 1080. The van der Waals surface area contributed by atoms with Gasteiger partial charge in [-0.15, -0.1) is 5.10 Å². The van der Waals surface area contributed by atoms with Crippen LogP contribution in [0.25, 0.3) is 5.69 Å². The Balaban J connectivity index is 0.00000259. The number of nitrogens with zero attached hydrogens (tertiary/aromatic N) is 5. The predicted molar refractivity (Wildman–Crippen MR) is 121 cm³/mol. The molecule has 0 atom stereocenters. The van der Waals surface area contributed by atoms with E-state index < -0.39 is 6.43 Å². The maximum atomic E-state index is 13.0.